The number of nitrogens with one attached hydrogen (secondary N) is 1. The van der Waals surface area contributed by atoms with Crippen molar-refractivity contribution in [2.75, 3.05) is 13.1 Å². The van der Waals surface area contributed by atoms with Crippen molar-refractivity contribution in [3.05, 3.63) is 0 Å². The average Bonchev–Trinajstić information content (AvgIpc) is 2.01. The van der Waals surface area contributed by atoms with Crippen LogP contribution in [0, 0.1) is 11.3 Å². The Labute approximate surface area is 87.9 Å². The van der Waals surface area contributed by atoms with Crippen molar-refractivity contribution >= 4 is 5.84 Å². The first-order valence-electron chi connectivity index (χ1n) is 4.84. The Bertz CT molecular complexity index is 213. The van der Waals surface area contributed by atoms with E-state index in [9.17, 15) is 13.2 Å². The number of hydrogen-bond donors (Lipinski definition) is 2. The molecule has 90 valence electrons. The minimum absolute atomic E-state index is 0.0131. The molecular weight excluding hydrogens is 207 g/mol. The first-order chi connectivity index (χ1) is 6.70. The monoisotopic (exact) mass is 225 g/mol. The molecule has 1 atom stereocenters. The number of amidine groups is 1. The van der Waals surface area contributed by atoms with Crippen LogP contribution >= 0.6 is 0 Å². The van der Waals surface area contributed by atoms with Gasteiger partial charge in [-0.1, -0.05) is 6.92 Å². The van der Waals surface area contributed by atoms with E-state index in [2.05, 4.69) is 0 Å². The fourth-order valence-electron chi connectivity index (χ4n) is 1.32. The van der Waals surface area contributed by atoms with Gasteiger partial charge in [0.05, 0.1) is 0 Å². The van der Waals surface area contributed by atoms with Crippen LogP contribution in [0.2, 0.25) is 0 Å². The second-order valence-corrected chi connectivity index (χ2v) is 3.73. The molecule has 6 heteroatoms. The molecular formula is C9H18F3N3. The molecule has 0 saturated carbocycles. The molecule has 0 radical (unpaired) electrons. The number of nitrogens with zero attached hydrogens (tertiary/aromatic N) is 1. The van der Waals surface area contributed by atoms with Gasteiger partial charge in [0.1, 0.15) is 11.8 Å². The van der Waals surface area contributed by atoms with Gasteiger partial charge in [0.25, 0.3) is 0 Å². The second kappa shape index (κ2) is 5.34. The van der Waals surface area contributed by atoms with Gasteiger partial charge >= 0.3 is 6.18 Å². The molecule has 0 amide bonds. The lowest BCUT2D eigenvalue weighted by molar-refractivity contribution is -0.160. The normalized spacial score (nSPS) is 14.7. The number of hydrogen-bond acceptors (Lipinski definition) is 2. The van der Waals surface area contributed by atoms with Crippen LogP contribution in [-0.4, -0.2) is 36.0 Å². The zero-order valence-corrected chi connectivity index (χ0v) is 9.23. The molecule has 0 aromatic carbocycles. The first kappa shape index (κ1) is 14.2. The van der Waals surface area contributed by atoms with Gasteiger partial charge < -0.3 is 10.6 Å². The van der Waals surface area contributed by atoms with Crippen LogP contribution in [0.1, 0.15) is 20.8 Å². The van der Waals surface area contributed by atoms with E-state index in [1.807, 2.05) is 13.8 Å². The van der Waals surface area contributed by atoms with Crippen LogP contribution in [0.15, 0.2) is 0 Å². The van der Waals surface area contributed by atoms with Crippen molar-refractivity contribution in [2.45, 2.75) is 33.0 Å². The van der Waals surface area contributed by atoms with Crippen LogP contribution in [0.3, 0.4) is 0 Å². The summed E-state index contributed by atoms with van der Waals surface area (Å²) in [5, 5.41) is 6.95. The van der Waals surface area contributed by atoms with E-state index in [0.29, 0.717) is 6.54 Å². The van der Waals surface area contributed by atoms with E-state index in [0.717, 1.165) is 0 Å². The van der Waals surface area contributed by atoms with Crippen LogP contribution < -0.4 is 5.73 Å². The summed E-state index contributed by atoms with van der Waals surface area (Å²) in [6, 6.07) is 0.0131. The standard InChI is InChI=1S/C9H18F3N3/c1-4-15(6(2)3)5-7(8(13)14)9(10,11)12/h6-7H,4-5H2,1-3H3,(H3,13,14). The highest BCUT2D eigenvalue weighted by Crippen LogP contribution is 2.27. The Morgan fingerprint density at radius 1 is 1.40 bits per heavy atom. The van der Waals surface area contributed by atoms with Crippen molar-refractivity contribution in [3.63, 3.8) is 0 Å². The van der Waals surface area contributed by atoms with Crippen molar-refractivity contribution in [1.29, 1.82) is 5.41 Å². The predicted octanol–water partition coefficient (Wildman–Crippen LogP) is 1.83. The van der Waals surface area contributed by atoms with Crippen LogP contribution in [0.5, 0.6) is 0 Å². The van der Waals surface area contributed by atoms with Gasteiger partial charge in [0, 0.05) is 12.6 Å². The molecule has 0 fully saturated rings. The van der Waals surface area contributed by atoms with E-state index >= 15 is 0 Å². The van der Waals surface area contributed by atoms with Gasteiger partial charge in [-0.05, 0) is 20.4 Å². The predicted molar refractivity (Wildman–Crippen MR) is 53.8 cm³/mol. The van der Waals surface area contributed by atoms with Gasteiger partial charge in [0.15, 0.2) is 0 Å². The number of rotatable bonds is 5. The smallest absolute Gasteiger partial charge is 0.387 e. The molecule has 3 nitrogen and oxygen atoms in total. The van der Waals surface area contributed by atoms with Gasteiger partial charge in [-0.3, -0.25) is 5.41 Å². The first-order valence-corrected chi connectivity index (χ1v) is 4.84. The zero-order valence-electron chi connectivity index (χ0n) is 9.23. The molecule has 0 saturated heterocycles. The van der Waals surface area contributed by atoms with E-state index in [1.165, 1.54) is 0 Å². The highest BCUT2D eigenvalue weighted by atomic mass is 19.4. The van der Waals surface area contributed by atoms with Crippen molar-refractivity contribution in [1.82, 2.24) is 4.90 Å². The van der Waals surface area contributed by atoms with E-state index < -0.39 is 17.9 Å². The Morgan fingerprint density at radius 3 is 2.07 bits per heavy atom. The Hall–Kier alpha value is -0.780. The highest BCUT2D eigenvalue weighted by molar-refractivity contribution is 5.80. The molecule has 0 aliphatic heterocycles. The molecule has 0 aliphatic rings. The van der Waals surface area contributed by atoms with E-state index in [-0.39, 0.29) is 12.6 Å². The summed E-state index contributed by atoms with van der Waals surface area (Å²) in [6.45, 7) is 5.69. The summed E-state index contributed by atoms with van der Waals surface area (Å²) in [7, 11) is 0. The molecule has 0 aromatic rings. The fraction of sp³-hybridized carbons (Fsp3) is 0.889. The van der Waals surface area contributed by atoms with Crippen molar-refractivity contribution in [3.8, 4) is 0 Å². The highest BCUT2D eigenvalue weighted by Gasteiger charge is 2.42. The molecule has 0 bridgehead atoms. The molecule has 0 aliphatic carbocycles. The minimum Gasteiger partial charge on any atom is -0.387 e. The summed E-state index contributed by atoms with van der Waals surface area (Å²) in [6.07, 6.45) is -4.44. The van der Waals surface area contributed by atoms with Crippen molar-refractivity contribution in [2.24, 2.45) is 11.7 Å². The van der Waals surface area contributed by atoms with Crippen LogP contribution in [0.25, 0.3) is 0 Å². The maximum absolute atomic E-state index is 12.5. The third-order valence-corrected chi connectivity index (χ3v) is 2.32. The average molecular weight is 225 g/mol. The Kier molecular flexibility index (Phi) is 5.07. The molecule has 0 spiro atoms. The van der Waals surface area contributed by atoms with Gasteiger partial charge in [-0.25, -0.2) is 0 Å². The van der Waals surface area contributed by atoms with Crippen molar-refractivity contribution < 1.29 is 13.2 Å². The summed E-state index contributed by atoms with van der Waals surface area (Å²) in [5.41, 5.74) is 4.96. The lowest BCUT2D eigenvalue weighted by Crippen LogP contribution is -2.46. The largest absolute Gasteiger partial charge is 0.399 e. The van der Waals surface area contributed by atoms with Crippen LogP contribution in [0.4, 0.5) is 13.2 Å². The minimum atomic E-state index is -4.44. The molecule has 15 heavy (non-hydrogen) atoms. The molecule has 0 rings (SSSR count). The quantitative estimate of drug-likeness (QED) is 0.554. The molecule has 0 heterocycles. The topological polar surface area (TPSA) is 53.1 Å². The fourth-order valence-corrected chi connectivity index (χ4v) is 1.32. The SMILES string of the molecule is CCN(CC(C(=N)N)C(F)(F)F)C(C)C. The van der Waals surface area contributed by atoms with Gasteiger partial charge in [-0.15, -0.1) is 0 Å². The lowest BCUT2D eigenvalue weighted by atomic mass is 10.1. The van der Waals surface area contributed by atoms with E-state index in [4.69, 9.17) is 11.1 Å². The summed E-state index contributed by atoms with van der Waals surface area (Å²) in [4.78, 5) is 1.64. The lowest BCUT2D eigenvalue weighted by Gasteiger charge is -2.30. The zero-order chi connectivity index (χ0) is 12.2. The molecule has 3 N–H and O–H groups in total. The van der Waals surface area contributed by atoms with Crippen LogP contribution in [-0.2, 0) is 0 Å². The van der Waals surface area contributed by atoms with Gasteiger partial charge in [0.2, 0.25) is 0 Å². The molecule has 1 unspecified atom stereocenters. The number of halogens is 3. The number of nitrogens with two attached hydrogens (primary N) is 1. The summed E-state index contributed by atoms with van der Waals surface area (Å²) in [5.74, 6) is -2.68. The summed E-state index contributed by atoms with van der Waals surface area (Å²) < 4.78 is 37.5. The molecule has 0 aromatic heterocycles. The van der Waals surface area contributed by atoms with E-state index in [1.54, 1.807) is 11.8 Å². The maximum atomic E-state index is 12.5. The second-order valence-electron chi connectivity index (χ2n) is 3.73. The Morgan fingerprint density at radius 2 is 1.87 bits per heavy atom. The summed E-state index contributed by atoms with van der Waals surface area (Å²) >= 11 is 0. The third kappa shape index (κ3) is 4.51. The van der Waals surface area contributed by atoms with Gasteiger partial charge in [-0.2, -0.15) is 13.2 Å². The third-order valence-electron chi connectivity index (χ3n) is 2.32. The Balaban J connectivity index is 4.61. The number of alkyl halides is 3. The maximum Gasteiger partial charge on any atom is 0.399 e.